The maximum absolute atomic E-state index is 13.6. The first kappa shape index (κ1) is 27.6. The SMILES string of the molecule is CCC(C(=O)NC(C)(C)C)N(Cc1ccc(C)cc1)C(=O)CCCN1c2cccc3cccc(c23)S1(=O)=O. The molecule has 0 aliphatic carbocycles. The number of amides is 2. The van der Waals surface area contributed by atoms with Gasteiger partial charge in [-0.15, -0.1) is 0 Å². The molecule has 1 aliphatic rings. The number of carbonyl (C=O) groups excluding carboxylic acids is 2. The highest BCUT2D eigenvalue weighted by Crippen LogP contribution is 2.42. The van der Waals surface area contributed by atoms with Crippen molar-refractivity contribution in [1.29, 1.82) is 0 Å². The average molecular weight is 536 g/mol. The topological polar surface area (TPSA) is 86.8 Å². The second-order valence-corrected chi connectivity index (χ2v) is 12.8. The molecule has 0 fully saturated rings. The van der Waals surface area contributed by atoms with Gasteiger partial charge in [0.1, 0.15) is 6.04 Å². The molecular weight excluding hydrogens is 498 g/mol. The van der Waals surface area contributed by atoms with Crippen LogP contribution in [0.2, 0.25) is 0 Å². The lowest BCUT2D eigenvalue weighted by atomic mass is 10.0. The van der Waals surface area contributed by atoms with Crippen molar-refractivity contribution in [1.82, 2.24) is 10.2 Å². The van der Waals surface area contributed by atoms with Crippen molar-refractivity contribution >= 4 is 38.3 Å². The van der Waals surface area contributed by atoms with Crippen LogP contribution in [-0.2, 0) is 26.2 Å². The molecule has 1 aliphatic heterocycles. The van der Waals surface area contributed by atoms with Crippen LogP contribution in [0.3, 0.4) is 0 Å². The van der Waals surface area contributed by atoms with E-state index in [1.165, 1.54) is 4.31 Å². The van der Waals surface area contributed by atoms with Crippen LogP contribution in [0.5, 0.6) is 0 Å². The lowest BCUT2D eigenvalue weighted by Gasteiger charge is -2.33. The zero-order valence-electron chi connectivity index (χ0n) is 22.8. The Labute approximate surface area is 225 Å². The van der Waals surface area contributed by atoms with Crippen LogP contribution in [0.25, 0.3) is 10.8 Å². The van der Waals surface area contributed by atoms with Crippen LogP contribution in [0.15, 0.2) is 65.6 Å². The Morgan fingerprint density at radius 3 is 2.29 bits per heavy atom. The van der Waals surface area contributed by atoms with Gasteiger partial charge in [-0.25, -0.2) is 8.42 Å². The molecule has 0 aromatic heterocycles. The van der Waals surface area contributed by atoms with Gasteiger partial charge in [0.15, 0.2) is 0 Å². The van der Waals surface area contributed by atoms with Gasteiger partial charge in [-0.3, -0.25) is 13.9 Å². The molecule has 0 bridgehead atoms. The highest BCUT2D eigenvalue weighted by atomic mass is 32.2. The molecule has 1 N–H and O–H groups in total. The molecule has 3 aromatic carbocycles. The number of nitrogens with zero attached hydrogens (tertiary/aromatic N) is 2. The van der Waals surface area contributed by atoms with Crippen molar-refractivity contribution < 1.29 is 18.0 Å². The summed E-state index contributed by atoms with van der Waals surface area (Å²) in [6, 6.07) is 18.2. The molecule has 1 atom stereocenters. The molecule has 4 rings (SSSR count). The molecule has 1 unspecified atom stereocenters. The molecular formula is C30H37N3O4S. The van der Waals surface area contributed by atoms with Crippen LogP contribution >= 0.6 is 0 Å². The van der Waals surface area contributed by atoms with E-state index in [2.05, 4.69) is 5.32 Å². The summed E-state index contributed by atoms with van der Waals surface area (Å²) >= 11 is 0. The predicted octanol–water partition coefficient (Wildman–Crippen LogP) is 5.16. The van der Waals surface area contributed by atoms with Crippen molar-refractivity contribution in [2.45, 2.75) is 76.9 Å². The fourth-order valence-corrected chi connectivity index (χ4v) is 6.73. The van der Waals surface area contributed by atoms with Crippen molar-refractivity contribution in [3.05, 3.63) is 71.8 Å². The molecule has 3 aromatic rings. The van der Waals surface area contributed by atoms with E-state index in [-0.39, 0.29) is 24.8 Å². The fraction of sp³-hybridized carbons (Fsp3) is 0.400. The molecule has 2 amide bonds. The Kier molecular flexibility index (Phi) is 7.83. The third-order valence-electron chi connectivity index (χ3n) is 6.79. The summed E-state index contributed by atoms with van der Waals surface area (Å²) in [5.74, 6) is -0.362. The Morgan fingerprint density at radius 2 is 1.66 bits per heavy atom. The summed E-state index contributed by atoms with van der Waals surface area (Å²) in [4.78, 5) is 28.7. The number of hydrogen-bond donors (Lipinski definition) is 1. The molecule has 0 spiro atoms. The van der Waals surface area contributed by atoms with Crippen molar-refractivity contribution in [3.8, 4) is 0 Å². The van der Waals surface area contributed by atoms with Gasteiger partial charge in [0, 0.05) is 30.4 Å². The summed E-state index contributed by atoms with van der Waals surface area (Å²) in [5.41, 5.74) is 2.28. The highest BCUT2D eigenvalue weighted by Gasteiger charge is 2.36. The molecule has 0 saturated carbocycles. The van der Waals surface area contributed by atoms with E-state index < -0.39 is 21.6 Å². The summed E-state index contributed by atoms with van der Waals surface area (Å²) in [7, 11) is -3.68. The molecule has 8 heteroatoms. The van der Waals surface area contributed by atoms with E-state index in [1.807, 2.05) is 83.1 Å². The Hall–Kier alpha value is -3.39. The lowest BCUT2D eigenvalue weighted by Crippen LogP contribution is -2.53. The quantitative estimate of drug-likeness (QED) is 0.410. The second kappa shape index (κ2) is 10.8. The van der Waals surface area contributed by atoms with Crippen LogP contribution in [-0.4, -0.2) is 43.3 Å². The monoisotopic (exact) mass is 535 g/mol. The third kappa shape index (κ3) is 5.70. The van der Waals surface area contributed by atoms with E-state index >= 15 is 0 Å². The maximum Gasteiger partial charge on any atom is 0.265 e. The van der Waals surface area contributed by atoms with E-state index in [4.69, 9.17) is 0 Å². The minimum Gasteiger partial charge on any atom is -0.350 e. The van der Waals surface area contributed by atoms with Gasteiger partial charge in [-0.05, 0) is 63.6 Å². The van der Waals surface area contributed by atoms with Crippen LogP contribution in [0, 0.1) is 6.92 Å². The fourth-order valence-electron chi connectivity index (χ4n) is 4.98. The number of sulfonamides is 1. The number of carbonyl (C=O) groups is 2. The number of anilines is 1. The van der Waals surface area contributed by atoms with Crippen LogP contribution in [0.1, 0.15) is 58.1 Å². The van der Waals surface area contributed by atoms with Crippen LogP contribution in [0.4, 0.5) is 5.69 Å². The number of nitrogens with one attached hydrogen (secondary N) is 1. The normalized spacial score (nSPS) is 14.9. The summed E-state index contributed by atoms with van der Waals surface area (Å²) in [5, 5.41) is 4.62. The summed E-state index contributed by atoms with van der Waals surface area (Å²) in [6.07, 6.45) is 0.936. The number of aryl methyl sites for hydroxylation is 1. The van der Waals surface area contributed by atoms with Gasteiger partial charge in [0.05, 0.1) is 10.6 Å². The molecule has 1 heterocycles. The predicted molar refractivity (Wildman–Crippen MR) is 151 cm³/mol. The zero-order chi connectivity index (χ0) is 27.7. The Morgan fingerprint density at radius 1 is 1.00 bits per heavy atom. The number of rotatable bonds is 9. The molecule has 7 nitrogen and oxygen atoms in total. The first-order valence-electron chi connectivity index (χ1n) is 13.1. The minimum atomic E-state index is -3.68. The van der Waals surface area contributed by atoms with Gasteiger partial charge in [0.25, 0.3) is 10.0 Å². The van der Waals surface area contributed by atoms with Gasteiger partial charge in [-0.1, -0.05) is 61.0 Å². The smallest absolute Gasteiger partial charge is 0.265 e. The third-order valence-corrected chi connectivity index (χ3v) is 8.65. The Bertz CT molecular complexity index is 1440. The lowest BCUT2D eigenvalue weighted by molar-refractivity contribution is -0.142. The Balaban J connectivity index is 1.53. The molecule has 202 valence electrons. The maximum atomic E-state index is 13.6. The molecule has 0 saturated heterocycles. The van der Waals surface area contributed by atoms with Gasteiger partial charge < -0.3 is 10.2 Å². The first-order valence-corrected chi connectivity index (χ1v) is 14.6. The van der Waals surface area contributed by atoms with Gasteiger partial charge >= 0.3 is 0 Å². The molecule has 0 radical (unpaired) electrons. The van der Waals surface area contributed by atoms with E-state index in [9.17, 15) is 18.0 Å². The number of hydrogen-bond acceptors (Lipinski definition) is 4. The van der Waals surface area contributed by atoms with E-state index in [0.29, 0.717) is 30.0 Å². The van der Waals surface area contributed by atoms with Crippen molar-refractivity contribution in [2.75, 3.05) is 10.8 Å². The number of benzene rings is 3. The summed E-state index contributed by atoms with van der Waals surface area (Å²) in [6.45, 7) is 10.1. The van der Waals surface area contributed by atoms with Crippen molar-refractivity contribution in [2.24, 2.45) is 0 Å². The molecule has 38 heavy (non-hydrogen) atoms. The second-order valence-electron chi connectivity index (χ2n) is 11.0. The van der Waals surface area contributed by atoms with E-state index in [1.54, 1.807) is 17.0 Å². The average Bonchev–Trinajstić information content (AvgIpc) is 3.07. The highest BCUT2D eigenvalue weighted by molar-refractivity contribution is 7.93. The standard InChI is InChI=1S/C30H37N3O4S/c1-6-24(29(35)31-30(3,4)5)32(20-22-17-15-21(2)16-18-22)27(34)14-9-19-33-25-12-7-10-23-11-8-13-26(28(23)25)38(33,36)37/h7-8,10-13,15-18,24H,6,9,14,19-20H2,1-5H3,(H,31,35). The van der Waals surface area contributed by atoms with Gasteiger partial charge in [0.2, 0.25) is 11.8 Å². The summed E-state index contributed by atoms with van der Waals surface area (Å²) < 4.78 is 28.0. The minimum absolute atomic E-state index is 0.128. The van der Waals surface area contributed by atoms with Crippen molar-refractivity contribution in [3.63, 3.8) is 0 Å². The van der Waals surface area contributed by atoms with E-state index in [0.717, 1.165) is 21.9 Å². The largest absolute Gasteiger partial charge is 0.350 e. The van der Waals surface area contributed by atoms with Gasteiger partial charge in [-0.2, -0.15) is 0 Å². The first-order chi connectivity index (χ1) is 17.9. The van der Waals surface area contributed by atoms with Crippen LogP contribution < -0.4 is 9.62 Å². The zero-order valence-corrected chi connectivity index (χ0v) is 23.6.